The molecule has 1 aliphatic heterocycles. The highest BCUT2D eigenvalue weighted by atomic mass is 127. The Kier molecular flexibility index (Phi) is 5.07. The maximum absolute atomic E-state index is 12.8. The van der Waals surface area contributed by atoms with Crippen LogP contribution in [0.25, 0.3) is 10.9 Å². The van der Waals surface area contributed by atoms with Crippen molar-refractivity contribution in [3.05, 3.63) is 75.5 Å². The molecule has 2 aromatic carbocycles. The van der Waals surface area contributed by atoms with Gasteiger partial charge in [0.1, 0.15) is 5.69 Å². The Morgan fingerprint density at radius 2 is 1.41 bits per heavy atom. The van der Waals surface area contributed by atoms with Crippen LogP contribution in [0.15, 0.2) is 60.7 Å². The van der Waals surface area contributed by atoms with Crippen molar-refractivity contribution < 1.29 is 9.59 Å². The summed E-state index contributed by atoms with van der Waals surface area (Å²) in [5.41, 5.74) is 1.98. The van der Waals surface area contributed by atoms with E-state index in [0.717, 1.165) is 14.5 Å². The summed E-state index contributed by atoms with van der Waals surface area (Å²) in [7, 11) is 0. The number of carbonyl (C=O) groups is 2. The van der Waals surface area contributed by atoms with Gasteiger partial charge in [-0.3, -0.25) is 9.59 Å². The number of amides is 2. The first kappa shape index (κ1) is 17.9. The number of hydrogen-bond donors (Lipinski definition) is 0. The SMILES string of the molecule is O=C(c1ccc2ccccc2n1)N1CCN(C(=O)c2ccccc2I)CC1. The molecule has 27 heavy (non-hydrogen) atoms. The Morgan fingerprint density at radius 3 is 2.15 bits per heavy atom. The maximum Gasteiger partial charge on any atom is 0.272 e. The fraction of sp³-hybridized carbons (Fsp3) is 0.190. The maximum atomic E-state index is 12.8. The third kappa shape index (κ3) is 3.66. The van der Waals surface area contributed by atoms with Gasteiger partial charge in [-0.05, 0) is 46.9 Å². The van der Waals surface area contributed by atoms with E-state index in [1.807, 2.05) is 59.5 Å². The Hall–Kier alpha value is -2.48. The average molecular weight is 471 g/mol. The van der Waals surface area contributed by atoms with Gasteiger partial charge in [0.15, 0.2) is 0 Å². The van der Waals surface area contributed by atoms with E-state index >= 15 is 0 Å². The minimum absolute atomic E-state index is 0.0240. The normalized spacial score (nSPS) is 14.4. The van der Waals surface area contributed by atoms with Crippen LogP contribution in [0.2, 0.25) is 0 Å². The second-order valence-electron chi connectivity index (χ2n) is 6.45. The molecule has 6 heteroatoms. The van der Waals surface area contributed by atoms with E-state index in [9.17, 15) is 9.59 Å². The van der Waals surface area contributed by atoms with Crippen LogP contribution in [0.3, 0.4) is 0 Å². The summed E-state index contributed by atoms with van der Waals surface area (Å²) in [6.07, 6.45) is 0. The lowest BCUT2D eigenvalue weighted by Gasteiger charge is -2.34. The first-order valence-electron chi connectivity index (χ1n) is 8.82. The number of fused-ring (bicyclic) bond motifs is 1. The lowest BCUT2D eigenvalue weighted by Crippen LogP contribution is -2.50. The zero-order valence-electron chi connectivity index (χ0n) is 14.6. The van der Waals surface area contributed by atoms with Gasteiger partial charge in [-0.2, -0.15) is 0 Å². The van der Waals surface area contributed by atoms with E-state index < -0.39 is 0 Å². The predicted molar refractivity (Wildman–Crippen MR) is 113 cm³/mol. The number of carbonyl (C=O) groups excluding carboxylic acids is 2. The van der Waals surface area contributed by atoms with Crippen molar-refractivity contribution in [1.82, 2.24) is 14.8 Å². The van der Waals surface area contributed by atoms with Crippen molar-refractivity contribution >= 4 is 45.3 Å². The minimum Gasteiger partial charge on any atom is -0.335 e. The number of halogens is 1. The highest BCUT2D eigenvalue weighted by molar-refractivity contribution is 14.1. The highest BCUT2D eigenvalue weighted by Crippen LogP contribution is 2.17. The van der Waals surface area contributed by atoms with Crippen molar-refractivity contribution in [2.24, 2.45) is 0 Å². The van der Waals surface area contributed by atoms with E-state index in [1.165, 1.54) is 0 Å². The molecule has 4 rings (SSSR count). The van der Waals surface area contributed by atoms with E-state index in [-0.39, 0.29) is 11.8 Å². The Bertz CT molecular complexity index is 1010. The lowest BCUT2D eigenvalue weighted by molar-refractivity contribution is 0.0532. The number of rotatable bonds is 2. The van der Waals surface area contributed by atoms with Gasteiger partial charge in [0, 0.05) is 35.1 Å². The standard InChI is InChI=1S/C21H18IN3O2/c22-17-7-3-2-6-16(17)20(26)24-11-13-25(14-12-24)21(27)19-10-9-15-5-1-4-8-18(15)23-19/h1-10H,11-14H2. The zero-order chi connectivity index (χ0) is 18.8. The molecule has 0 N–H and O–H groups in total. The first-order valence-corrected chi connectivity index (χ1v) is 9.90. The molecule has 0 atom stereocenters. The molecule has 0 bridgehead atoms. The Balaban J connectivity index is 1.44. The number of pyridine rings is 1. The van der Waals surface area contributed by atoms with Crippen LogP contribution in [0.1, 0.15) is 20.8 Å². The first-order chi connectivity index (χ1) is 13.1. The Morgan fingerprint density at radius 1 is 0.778 bits per heavy atom. The minimum atomic E-state index is -0.0813. The summed E-state index contributed by atoms with van der Waals surface area (Å²) in [4.78, 5) is 33.6. The zero-order valence-corrected chi connectivity index (χ0v) is 16.8. The number of aromatic nitrogens is 1. The number of para-hydroxylation sites is 1. The smallest absolute Gasteiger partial charge is 0.272 e. The van der Waals surface area contributed by atoms with Crippen molar-refractivity contribution in [3.63, 3.8) is 0 Å². The molecule has 1 aliphatic rings. The summed E-state index contributed by atoms with van der Waals surface area (Å²) in [6.45, 7) is 2.09. The summed E-state index contributed by atoms with van der Waals surface area (Å²) in [6, 6.07) is 19.0. The summed E-state index contributed by atoms with van der Waals surface area (Å²) in [5.74, 6) is -0.0573. The van der Waals surface area contributed by atoms with Crippen molar-refractivity contribution in [2.75, 3.05) is 26.2 Å². The number of hydrogen-bond acceptors (Lipinski definition) is 3. The van der Waals surface area contributed by atoms with Crippen LogP contribution in [0.5, 0.6) is 0 Å². The molecule has 1 aromatic heterocycles. The second kappa shape index (κ2) is 7.64. The second-order valence-corrected chi connectivity index (χ2v) is 7.62. The van der Waals surface area contributed by atoms with Crippen LogP contribution in [0, 0.1) is 3.57 Å². The van der Waals surface area contributed by atoms with Gasteiger partial charge in [-0.1, -0.05) is 36.4 Å². The molecule has 1 fully saturated rings. The van der Waals surface area contributed by atoms with Crippen LogP contribution in [0.4, 0.5) is 0 Å². The van der Waals surface area contributed by atoms with Gasteiger partial charge in [-0.15, -0.1) is 0 Å². The fourth-order valence-corrected chi connectivity index (χ4v) is 3.88. The van der Waals surface area contributed by atoms with Crippen LogP contribution in [-0.4, -0.2) is 52.8 Å². The number of nitrogens with zero attached hydrogens (tertiary/aromatic N) is 3. The predicted octanol–water partition coefficient (Wildman–Crippen LogP) is 3.44. The average Bonchev–Trinajstić information content (AvgIpc) is 2.73. The van der Waals surface area contributed by atoms with E-state index in [2.05, 4.69) is 27.6 Å². The molecule has 0 aliphatic carbocycles. The highest BCUT2D eigenvalue weighted by Gasteiger charge is 2.26. The van der Waals surface area contributed by atoms with E-state index in [0.29, 0.717) is 37.4 Å². The van der Waals surface area contributed by atoms with Gasteiger partial charge in [0.05, 0.1) is 11.1 Å². The molecular formula is C21H18IN3O2. The third-order valence-electron chi connectivity index (χ3n) is 4.78. The van der Waals surface area contributed by atoms with Gasteiger partial charge >= 0.3 is 0 Å². The number of benzene rings is 2. The van der Waals surface area contributed by atoms with Gasteiger partial charge < -0.3 is 9.80 Å². The van der Waals surface area contributed by atoms with E-state index in [4.69, 9.17) is 0 Å². The van der Waals surface area contributed by atoms with Gasteiger partial charge in [0.25, 0.3) is 11.8 Å². The van der Waals surface area contributed by atoms with Crippen LogP contribution >= 0.6 is 22.6 Å². The molecule has 2 heterocycles. The molecule has 1 saturated heterocycles. The summed E-state index contributed by atoms with van der Waals surface area (Å²) >= 11 is 2.18. The molecule has 0 spiro atoms. The van der Waals surface area contributed by atoms with Crippen molar-refractivity contribution in [3.8, 4) is 0 Å². The van der Waals surface area contributed by atoms with Gasteiger partial charge in [0.2, 0.25) is 0 Å². The molecule has 0 radical (unpaired) electrons. The fourth-order valence-electron chi connectivity index (χ4n) is 3.26. The molecule has 136 valence electrons. The van der Waals surface area contributed by atoms with Crippen molar-refractivity contribution in [1.29, 1.82) is 0 Å². The summed E-state index contributed by atoms with van der Waals surface area (Å²) in [5, 5.41) is 1.02. The molecule has 0 saturated carbocycles. The van der Waals surface area contributed by atoms with Crippen LogP contribution < -0.4 is 0 Å². The van der Waals surface area contributed by atoms with Gasteiger partial charge in [-0.25, -0.2) is 4.98 Å². The quantitative estimate of drug-likeness (QED) is 0.539. The topological polar surface area (TPSA) is 53.5 Å². The molecule has 2 amide bonds. The molecular weight excluding hydrogens is 453 g/mol. The van der Waals surface area contributed by atoms with E-state index in [1.54, 1.807) is 11.0 Å². The third-order valence-corrected chi connectivity index (χ3v) is 5.72. The lowest BCUT2D eigenvalue weighted by atomic mass is 10.1. The summed E-state index contributed by atoms with van der Waals surface area (Å²) < 4.78 is 0.943. The van der Waals surface area contributed by atoms with Crippen molar-refractivity contribution in [2.45, 2.75) is 0 Å². The molecule has 0 unspecified atom stereocenters. The number of piperazine rings is 1. The molecule has 3 aromatic rings. The largest absolute Gasteiger partial charge is 0.335 e. The monoisotopic (exact) mass is 471 g/mol. The van der Waals surface area contributed by atoms with Crippen LogP contribution in [-0.2, 0) is 0 Å². The Labute approximate surface area is 171 Å². The molecule has 5 nitrogen and oxygen atoms in total.